The minimum atomic E-state index is -5.19. The summed E-state index contributed by atoms with van der Waals surface area (Å²) in [5, 5.41) is 9.35. The van der Waals surface area contributed by atoms with Gasteiger partial charge in [0.2, 0.25) is 0 Å². The van der Waals surface area contributed by atoms with Crippen LogP contribution in [0.1, 0.15) is 58.8 Å². The maximum absolute atomic E-state index is 14.1. The zero-order valence-electron chi connectivity index (χ0n) is 25.4. The third-order valence-electron chi connectivity index (χ3n) is 8.59. The largest absolute Gasteiger partial charge is 0.471 e. The first-order chi connectivity index (χ1) is 22.5. The number of aromatic nitrogens is 4. The fraction of sp³-hybridized carbons (Fsp3) is 0.406. The van der Waals surface area contributed by atoms with Crippen LogP contribution >= 0.6 is 0 Å². The molecule has 0 atom stereocenters. The Labute approximate surface area is 266 Å². The Morgan fingerprint density at radius 3 is 2.43 bits per heavy atom. The maximum Gasteiger partial charge on any atom is 0.471 e. The Morgan fingerprint density at radius 1 is 1.04 bits per heavy atom. The number of rotatable bonds is 7. The van der Waals surface area contributed by atoms with Crippen molar-refractivity contribution in [2.24, 2.45) is 0 Å². The molecule has 2 aromatic heterocycles. The Balaban J connectivity index is 1.36. The average Bonchev–Trinajstić information content (AvgIpc) is 3.42. The third kappa shape index (κ3) is 7.25. The van der Waals surface area contributed by atoms with Gasteiger partial charge in [0.1, 0.15) is 11.6 Å². The number of fused-ring (bicyclic) bond motifs is 1. The number of alkyl halides is 3. The summed E-state index contributed by atoms with van der Waals surface area (Å²) in [7, 11) is 2.00. The number of amides is 2. The van der Waals surface area contributed by atoms with E-state index in [1.807, 2.05) is 7.05 Å². The van der Waals surface area contributed by atoms with Gasteiger partial charge in [-0.15, -0.1) is 0 Å². The summed E-state index contributed by atoms with van der Waals surface area (Å²) in [5.74, 6) is -4.39. The number of likely N-dealkylation sites (tertiary alicyclic amines) is 1. The monoisotopic (exact) mass is 657 g/mol. The summed E-state index contributed by atoms with van der Waals surface area (Å²) in [6.45, 7) is 1.95. The van der Waals surface area contributed by atoms with E-state index in [1.54, 1.807) is 6.07 Å². The number of anilines is 2. The molecule has 0 spiro atoms. The van der Waals surface area contributed by atoms with E-state index in [2.05, 4.69) is 30.4 Å². The van der Waals surface area contributed by atoms with Gasteiger partial charge in [0.05, 0.1) is 23.1 Å². The van der Waals surface area contributed by atoms with Crippen molar-refractivity contribution in [2.75, 3.05) is 43.6 Å². The Kier molecular flexibility index (Phi) is 9.19. The van der Waals surface area contributed by atoms with Gasteiger partial charge in [-0.05, 0) is 87.1 Å². The number of halogens is 5. The summed E-state index contributed by atoms with van der Waals surface area (Å²) in [5.41, 5.74) is 1.40. The third-order valence-corrected chi connectivity index (χ3v) is 8.59. The quantitative estimate of drug-likeness (QED) is 0.257. The molecule has 4 aromatic rings. The van der Waals surface area contributed by atoms with Crippen LogP contribution in [0.25, 0.3) is 11.2 Å². The highest BCUT2D eigenvalue weighted by molar-refractivity contribution is 6.12. The van der Waals surface area contributed by atoms with E-state index in [0.29, 0.717) is 16.2 Å². The molecule has 2 N–H and O–H groups in total. The van der Waals surface area contributed by atoms with Crippen LogP contribution in [0.2, 0.25) is 0 Å². The minimum Gasteiger partial charge on any atom is -0.381 e. The van der Waals surface area contributed by atoms with Gasteiger partial charge in [-0.3, -0.25) is 14.7 Å². The number of benzene rings is 2. The predicted molar refractivity (Wildman–Crippen MR) is 162 cm³/mol. The van der Waals surface area contributed by atoms with Gasteiger partial charge in [-0.1, -0.05) is 6.07 Å². The average molecular weight is 658 g/mol. The van der Waals surface area contributed by atoms with E-state index in [4.69, 9.17) is 4.74 Å². The summed E-state index contributed by atoms with van der Waals surface area (Å²) >= 11 is 0. The van der Waals surface area contributed by atoms with E-state index < -0.39 is 35.7 Å². The first-order valence-corrected chi connectivity index (χ1v) is 15.2. The summed E-state index contributed by atoms with van der Waals surface area (Å²) < 4.78 is 75.1. The molecule has 2 fully saturated rings. The zero-order valence-corrected chi connectivity index (χ0v) is 25.4. The Morgan fingerprint density at radius 2 is 1.74 bits per heavy atom. The maximum atomic E-state index is 14.1. The molecule has 0 unspecified atom stereocenters. The molecule has 2 aliphatic heterocycles. The number of hydrogen-bond donors (Lipinski definition) is 2. The molecule has 0 saturated carbocycles. The molecule has 15 heteroatoms. The van der Waals surface area contributed by atoms with Crippen LogP contribution in [0.3, 0.4) is 0 Å². The lowest BCUT2D eigenvalue weighted by Gasteiger charge is -2.36. The van der Waals surface area contributed by atoms with Crippen molar-refractivity contribution in [1.29, 1.82) is 0 Å². The second kappa shape index (κ2) is 13.3. The van der Waals surface area contributed by atoms with Gasteiger partial charge >= 0.3 is 12.1 Å². The highest BCUT2D eigenvalue weighted by Crippen LogP contribution is 2.36. The molecule has 2 aliphatic rings. The summed E-state index contributed by atoms with van der Waals surface area (Å²) in [4.78, 5) is 38.5. The number of ether oxygens (including phenoxy) is 1. The van der Waals surface area contributed by atoms with E-state index in [9.17, 15) is 31.5 Å². The zero-order chi connectivity index (χ0) is 33.3. The van der Waals surface area contributed by atoms with Gasteiger partial charge in [-0.2, -0.15) is 18.3 Å². The number of nitrogens with zero attached hydrogens (tertiary/aromatic N) is 5. The molecule has 0 aliphatic carbocycles. The Hall–Kier alpha value is -4.50. The lowest BCUT2D eigenvalue weighted by molar-refractivity contribution is -0.171. The van der Waals surface area contributed by atoms with Crippen molar-refractivity contribution >= 4 is 34.5 Å². The van der Waals surface area contributed by atoms with Crippen molar-refractivity contribution in [3.63, 3.8) is 0 Å². The van der Waals surface area contributed by atoms with Crippen LogP contribution in [0, 0.1) is 11.6 Å². The molecule has 248 valence electrons. The van der Waals surface area contributed by atoms with Gasteiger partial charge in [0.15, 0.2) is 17.0 Å². The number of carbonyl (C=O) groups excluding carboxylic acids is 2. The normalized spacial score (nSPS) is 16.8. The van der Waals surface area contributed by atoms with Crippen molar-refractivity contribution in [3.8, 4) is 0 Å². The summed E-state index contributed by atoms with van der Waals surface area (Å²) in [6, 6.07) is 6.92. The first-order valence-electron chi connectivity index (χ1n) is 15.2. The second-order valence-corrected chi connectivity index (χ2v) is 11.9. The van der Waals surface area contributed by atoms with Crippen molar-refractivity contribution in [1.82, 2.24) is 25.1 Å². The second-order valence-electron chi connectivity index (χ2n) is 11.9. The molecule has 4 heterocycles. The number of nitrogens with one attached hydrogen (secondary N) is 2. The van der Waals surface area contributed by atoms with Crippen LogP contribution in [0.15, 0.2) is 42.6 Å². The van der Waals surface area contributed by atoms with Crippen LogP contribution in [0.4, 0.5) is 33.5 Å². The lowest BCUT2D eigenvalue weighted by Crippen LogP contribution is -2.50. The van der Waals surface area contributed by atoms with Crippen molar-refractivity contribution in [2.45, 2.75) is 50.2 Å². The summed E-state index contributed by atoms with van der Waals surface area (Å²) in [6.07, 6.45) is -1.90. The molecule has 0 radical (unpaired) electrons. The number of aromatic amines is 1. The number of carbonyl (C=O) groups is 2. The van der Waals surface area contributed by atoms with Crippen LogP contribution in [-0.4, -0.2) is 82.4 Å². The minimum absolute atomic E-state index is 0.0262. The highest BCUT2D eigenvalue weighted by atomic mass is 19.4. The van der Waals surface area contributed by atoms with E-state index in [0.717, 1.165) is 49.7 Å². The van der Waals surface area contributed by atoms with Crippen LogP contribution in [-0.2, 0) is 16.0 Å². The fourth-order valence-electron chi connectivity index (χ4n) is 6.19. The van der Waals surface area contributed by atoms with Crippen LogP contribution in [0.5, 0.6) is 0 Å². The number of piperidine rings is 1. The van der Waals surface area contributed by atoms with Crippen LogP contribution < -0.4 is 10.2 Å². The molecule has 2 amide bonds. The van der Waals surface area contributed by atoms with Gasteiger partial charge < -0.3 is 19.9 Å². The van der Waals surface area contributed by atoms with Gasteiger partial charge in [0, 0.05) is 31.7 Å². The molecule has 2 aromatic carbocycles. The van der Waals surface area contributed by atoms with Gasteiger partial charge in [0.25, 0.3) is 5.91 Å². The van der Waals surface area contributed by atoms with Crippen molar-refractivity contribution in [3.05, 3.63) is 76.6 Å². The molecular formula is C32H32F5N7O3. The fourth-order valence-corrected chi connectivity index (χ4v) is 6.19. The number of H-pyrrole nitrogens is 1. The Bertz CT molecular complexity index is 1760. The number of hydrogen-bond acceptors (Lipinski definition) is 7. The molecule has 47 heavy (non-hydrogen) atoms. The molecule has 6 rings (SSSR count). The topological polar surface area (TPSA) is 116 Å². The van der Waals surface area contributed by atoms with E-state index in [1.165, 1.54) is 18.3 Å². The highest BCUT2D eigenvalue weighted by Gasteiger charge is 2.46. The first kappa shape index (κ1) is 32.4. The molecule has 2 saturated heterocycles. The molecular weight excluding hydrogens is 625 g/mol. The van der Waals surface area contributed by atoms with Crippen molar-refractivity contribution < 1.29 is 36.3 Å². The van der Waals surface area contributed by atoms with E-state index in [-0.39, 0.29) is 66.6 Å². The lowest BCUT2D eigenvalue weighted by atomic mass is 9.88. The van der Waals surface area contributed by atoms with Gasteiger partial charge in [-0.25, -0.2) is 18.7 Å². The SMILES string of the molecule is CN1CCC(c2ccc(C(=O)Nc3n[nH]c4ncc(Cc5cc(F)cc(F)c5)nc34)c(N(C(=O)C(F)(F)F)C3CCOCC3)c2)CC1. The standard InChI is InChI=1S/C32H32F5N7O3/c1-43-8-4-19(5-9-43)20-2-3-25(26(15-20)44(31(46)32(35,36)37)24-6-10-47-11-7-24)30(45)40-29-27-28(41-42-29)38-17-23(39-27)14-18-12-21(33)16-22(34)13-18/h2-3,12-13,15-17,19,24H,4-11,14H2,1H3,(H2,38,40,41,42,45). The molecule has 10 nitrogen and oxygen atoms in total. The van der Waals surface area contributed by atoms with E-state index >= 15 is 0 Å². The smallest absolute Gasteiger partial charge is 0.381 e. The molecule has 0 bridgehead atoms. The predicted octanol–water partition coefficient (Wildman–Crippen LogP) is 5.36.